The van der Waals surface area contributed by atoms with Crippen LogP contribution in [0.2, 0.25) is 5.15 Å². The molecule has 0 saturated carbocycles. The first kappa shape index (κ1) is 14.2. The number of halogens is 1. The molecule has 0 radical (unpaired) electrons. The van der Waals surface area contributed by atoms with Gasteiger partial charge in [0.1, 0.15) is 16.8 Å². The van der Waals surface area contributed by atoms with Crippen molar-refractivity contribution in [1.82, 2.24) is 15.0 Å². The van der Waals surface area contributed by atoms with E-state index in [4.69, 9.17) is 11.6 Å². The summed E-state index contributed by atoms with van der Waals surface area (Å²) in [5.41, 5.74) is 2.82. The van der Waals surface area contributed by atoms with Crippen molar-refractivity contribution in [3.05, 3.63) is 33.6 Å². The fraction of sp³-hybridized carbons (Fsp3) is 0.462. The van der Waals surface area contributed by atoms with Crippen LogP contribution in [-0.2, 0) is 11.8 Å². The van der Waals surface area contributed by atoms with Crippen LogP contribution in [0.5, 0.6) is 0 Å². The Morgan fingerprint density at radius 1 is 1.32 bits per heavy atom. The van der Waals surface area contributed by atoms with E-state index < -0.39 is 0 Å². The number of nitrogens with zero attached hydrogens (tertiary/aromatic N) is 3. The molecule has 2 aromatic heterocycles. The third kappa shape index (κ3) is 4.14. The average Bonchev–Trinajstić information content (AvgIpc) is 2.80. The van der Waals surface area contributed by atoms with Gasteiger partial charge in [0.2, 0.25) is 0 Å². The summed E-state index contributed by atoms with van der Waals surface area (Å²) in [6.45, 7) is 6.98. The number of hydrogen-bond donors (Lipinski definition) is 1. The zero-order valence-corrected chi connectivity index (χ0v) is 12.8. The topological polar surface area (TPSA) is 50.7 Å². The Balaban J connectivity index is 2.02. The van der Waals surface area contributed by atoms with Crippen LogP contribution in [0.1, 0.15) is 32.3 Å². The number of anilines is 1. The second kappa shape index (κ2) is 5.84. The summed E-state index contributed by atoms with van der Waals surface area (Å²) < 4.78 is 0. The molecule has 102 valence electrons. The van der Waals surface area contributed by atoms with E-state index in [0.29, 0.717) is 5.15 Å². The smallest absolute Gasteiger partial charge is 0.137 e. The average molecular weight is 297 g/mol. The molecular weight excluding hydrogens is 280 g/mol. The number of thiazole rings is 1. The lowest BCUT2D eigenvalue weighted by Gasteiger charge is -2.17. The van der Waals surface area contributed by atoms with Crippen LogP contribution in [0.4, 0.5) is 5.82 Å². The molecule has 0 aliphatic rings. The van der Waals surface area contributed by atoms with Crippen LogP contribution in [0.3, 0.4) is 0 Å². The highest BCUT2D eigenvalue weighted by Crippen LogP contribution is 2.22. The Labute approximate surface area is 122 Å². The van der Waals surface area contributed by atoms with Crippen LogP contribution in [0.25, 0.3) is 0 Å². The van der Waals surface area contributed by atoms with Crippen LogP contribution in [0.15, 0.2) is 17.0 Å². The van der Waals surface area contributed by atoms with Gasteiger partial charge in [0.25, 0.3) is 0 Å². The lowest BCUT2D eigenvalue weighted by atomic mass is 9.96. The van der Waals surface area contributed by atoms with Gasteiger partial charge in [-0.15, -0.1) is 11.3 Å². The maximum Gasteiger partial charge on any atom is 0.137 e. The molecule has 0 fully saturated rings. The Bertz CT molecular complexity index is 534. The van der Waals surface area contributed by atoms with Gasteiger partial charge in [-0.05, 0) is 0 Å². The number of rotatable bonds is 4. The molecule has 0 atom stereocenters. The molecule has 0 aliphatic carbocycles. The van der Waals surface area contributed by atoms with Gasteiger partial charge in [0.05, 0.1) is 11.2 Å². The normalized spacial score (nSPS) is 11.6. The van der Waals surface area contributed by atoms with Gasteiger partial charge in [0.15, 0.2) is 0 Å². The molecule has 0 saturated heterocycles. The Hall–Kier alpha value is -1.20. The van der Waals surface area contributed by atoms with E-state index in [-0.39, 0.29) is 5.41 Å². The van der Waals surface area contributed by atoms with Crippen molar-refractivity contribution in [2.24, 2.45) is 0 Å². The fourth-order valence-corrected chi connectivity index (χ4v) is 2.30. The van der Waals surface area contributed by atoms with Crippen molar-refractivity contribution in [2.45, 2.75) is 32.6 Å². The Morgan fingerprint density at radius 2 is 2.11 bits per heavy atom. The van der Waals surface area contributed by atoms with E-state index in [2.05, 4.69) is 46.4 Å². The van der Waals surface area contributed by atoms with Crippen molar-refractivity contribution in [3.8, 4) is 0 Å². The molecule has 0 aliphatic heterocycles. The summed E-state index contributed by atoms with van der Waals surface area (Å²) in [7, 11) is 0. The van der Waals surface area contributed by atoms with Gasteiger partial charge in [0, 0.05) is 29.8 Å². The number of hydrogen-bond acceptors (Lipinski definition) is 5. The molecular formula is C13H17ClN4S. The van der Waals surface area contributed by atoms with Crippen molar-refractivity contribution in [2.75, 3.05) is 11.9 Å². The van der Waals surface area contributed by atoms with E-state index in [0.717, 1.165) is 30.3 Å². The quantitative estimate of drug-likeness (QED) is 0.877. The van der Waals surface area contributed by atoms with Gasteiger partial charge in [-0.2, -0.15) is 0 Å². The highest BCUT2D eigenvalue weighted by atomic mass is 35.5. The lowest BCUT2D eigenvalue weighted by molar-refractivity contribution is 0.546. The van der Waals surface area contributed by atoms with Crippen molar-refractivity contribution in [3.63, 3.8) is 0 Å². The first-order chi connectivity index (χ1) is 8.95. The third-order valence-electron chi connectivity index (χ3n) is 2.54. The summed E-state index contributed by atoms with van der Waals surface area (Å²) in [6, 6.07) is 1.75. The zero-order valence-electron chi connectivity index (χ0n) is 11.3. The van der Waals surface area contributed by atoms with Gasteiger partial charge >= 0.3 is 0 Å². The van der Waals surface area contributed by atoms with Crippen LogP contribution in [-0.4, -0.2) is 21.5 Å². The first-order valence-corrected chi connectivity index (χ1v) is 7.43. The maximum atomic E-state index is 6.03. The highest BCUT2D eigenvalue weighted by molar-refractivity contribution is 7.07. The molecule has 19 heavy (non-hydrogen) atoms. The van der Waals surface area contributed by atoms with Crippen molar-refractivity contribution in [1.29, 1.82) is 0 Å². The minimum Gasteiger partial charge on any atom is -0.370 e. The van der Waals surface area contributed by atoms with E-state index >= 15 is 0 Å². The summed E-state index contributed by atoms with van der Waals surface area (Å²) in [4.78, 5) is 13.0. The predicted octanol–water partition coefficient (Wildman–Crippen LogP) is 3.54. The van der Waals surface area contributed by atoms with Crippen molar-refractivity contribution < 1.29 is 0 Å². The molecule has 0 amide bonds. The lowest BCUT2D eigenvalue weighted by Crippen LogP contribution is -2.17. The van der Waals surface area contributed by atoms with E-state index in [9.17, 15) is 0 Å². The molecule has 2 aromatic rings. The van der Waals surface area contributed by atoms with Crippen molar-refractivity contribution >= 4 is 28.8 Å². The van der Waals surface area contributed by atoms with Gasteiger partial charge in [-0.1, -0.05) is 32.4 Å². The monoisotopic (exact) mass is 296 g/mol. The molecule has 0 spiro atoms. The van der Waals surface area contributed by atoms with Crippen LogP contribution < -0.4 is 5.32 Å². The standard InChI is InChI=1S/C13H17ClN4S/c1-13(2,3)12-17-10(14)6-11(18-12)15-5-4-9-7-19-8-16-9/h6-8H,4-5H2,1-3H3,(H,15,17,18). The van der Waals surface area contributed by atoms with E-state index in [1.54, 1.807) is 17.4 Å². The summed E-state index contributed by atoms with van der Waals surface area (Å²) in [5, 5.41) is 5.78. The first-order valence-electron chi connectivity index (χ1n) is 6.11. The van der Waals surface area contributed by atoms with E-state index in [1.807, 2.05) is 5.51 Å². The summed E-state index contributed by atoms with van der Waals surface area (Å²) in [6.07, 6.45) is 0.871. The second-order valence-corrected chi connectivity index (χ2v) is 6.41. The van der Waals surface area contributed by atoms with E-state index in [1.165, 1.54) is 0 Å². The molecule has 4 nitrogen and oxygen atoms in total. The molecule has 2 rings (SSSR count). The molecule has 0 aromatic carbocycles. The fourth-order valence-electron chi connectivity index (χ4n) is 1.52. The molecule has 0 bridgehead atoms. The second-order valence-electron chi connectivity index (χ2n) is 5.31. The van der Waals surface area contributed by atoms with Gasteiger partial charge in [-0.25, -0.2) is 15.0 Å². The minimum absolute atomic E-state index is 0.115. The number of nitrogens with one attached hydrogen (secondary N) is 1. The molecule has 2 heterocycles. The minimum atomic E-state index is -0.115. The predicted molar refractivity (Wildman–Crippen MR) is 80.0 cm³/mol. The third-order valence-corrected chi connectivity index (χ3v) is 3.37. The SMILES string of the molecule is CC(C)(C)c1nc(Cl)cc(NCCc2cscn2)n1. The molecule has 0 unspecified atom stereocenters. The van der Waals surface area contributed by atoms with Crippen LogP contribution in [0, 0.1) is 0 Å². The summed E-state index contributed by atoms with van der Waals surface area (Å²) >= 11 is 7.64. The molecule has 6 heteroatoms. The number of aromatic nitrogens is 3. The van der Waals surface area contributed by atoms with Gasteiger partial charge < -0.3 is 5.32 Å². The molecule has 1 N–H and O–H groups in total. The largest absolute Gasteiger partial charge is 0.370 e. The van der Waals surface area contributed by atoms with Crippen LogP contribution >= 0.6 is 22.9 Å². The zero-order chi connectivity index (χ0) is 13.9. The van der Waals surface area contributed by atoms with Gasteiger partial charge in [-0.3, -0.25) is 0 Å². The Morgan fingerprint density at radius 3 is 2.74 bits per heavy atom. The summed E-state index contributed by atoms with van der Waals surface area (Å²) in [5.74, 6) is 1.51. The Kier molecular flexibility index (Phi) is 4.37. The highest BCUT2D eigenvalue weighted by Gasteiger charge is 2.18. The maximum absolute atomic E-state index is 6.03.